The first kappa shape index (κ1) is 43.8. The van der Waals surface area contributed by atoms with E-state index in [1.54, 1.807) is 19.1 Å². The van der Waals surface area contributed by atoms with Crippen molar-refractivity contribution in [2.45, 2.75) is 37.1 Å². The van der Waals surface area contributed by atoms with Gasteiger partial charge in [-0.25, -0.2) is 14.8 Å². The lowest BCUT2D eigenvalue weighted by atomic mass is 9.63. The predicted molar refractivity (Wildman–Crippen MR) is 220 cm³/mol. The Labute approximate surface area is 355 Å². The van der Waals surface area contributed by atoms with Gasteiger partial charge in [0, 0.05) is 50.6 Å². The highest BCUT2D eigenvalue weighted by Gasteiger charge is 2.51. The number of aliphatic carboxylic acids is 1. The minimum absolute atomic E-state index is 0.00727. The van der Waals surface area contributed by atoms with Crippen LogP contribution in [-0.2, 0) is 22.7 Å². The van der Waals surface area contributed by atoms with E-state index in [1.807, 2.05) is 0 Å². The molecule has 1 saturated heterocycles. The zero-order valence-electron chi connectivity index (χ0n) is 33.1. The van der Waals surface area contributed by atoms with Crippen LogP contribution in [0.4, 0.5) is 26.3 Å². The van der Waals surface area contributed by atoms with Gasteiger partial charge in [-0.05, 0) is 55.4 Å². The second kappa shape index (κ2) is 17.3. The number of halogens is 7. The molecule has 7 rings (SSSR count). The molecule has 320 valence electrons. The SMILES string of the molecule is BC(B)(Oc1ccccc1C(F)(F)C(Oc1ncnc2sc(-c3ccc(F)o3)c(-c3ccc(OCCN4CCN(C)CC4)c(Cl)c3C)c12)C(=O)O)c1ccnn1CC(F)(F)F. The molecule has 1 atom stereocenters. The molecule has 61 heavy (non-hydrogen) atoms. The van der Waals surface area contributed by atoms with Crippen molar-refractivity contribution in [3.8, 4) is 39.1 Å². The van der Waals surface area contributed by atoms with E-state index < -0.39 is 59.3 Å². The molecule has 0 aliphatic carbocycles. The third-order valence-corrected chi connectivity index (χ3v) is 11.8. The number of ether oxygens (including phenoxy) is 3. The maximum atomic E-state index is 16.8. The lowest BCUT2D eigenvalue weighted by Gasteiger charge is -2.32. The molecule has 0 spiro atoms. The molecular formula is C39H37B2ClF6N6O6S. The molecule has 1 unspecified atom stereocenters. The van der Waals surface area contributed by atoms with Gasteiger partial charge in [-0.2, -0.15) is 31.4 Å². The van der Waals surface area contributed by atoms with Crippen molar-refractivity contribution in [3.05, 3.63) is 95.0 Å². The number of hydrogen-bond donors (Lipinski definition) is 1. The quantitative estimate of drug-likeness (QED) is 0.0938. The van der Waals surface area contributed by atoms with E-state index >= 15 is 8.78 Å². The van der Waals surface area contributed by atoms with E-state index in [0.29, 0.717) is 34.7 Å². The van der Waals surface area contributed by atoms with Gasteiger partial charge in [0.2, 0.25) is 5.88 Å². The summed E-state index contributed by atoms with van der Waals surface area (Å²) in [5, 5.41) is 12.7. The zero-order valence-corrected chi connectivity index (χ0v) is 34.7. The van der Waals surface area contributed by atoms with Gasteiger partial charge in [0.1, 0.15) is 41.6 Å². The van der Waals surface area contributed by atoms with Crippen LogP contribution in [-0.4, -0.2) is 115 Å². The van der Waals surface area contributed by atoms with Crippen molar-refractivity contribution in [2.24, 2.45) is 0 Å². The highest BCUT2D eigenvalue weighted by atomic mass is 35.5. The van der Waals surface area contributed by atoms with Crippen molar-refractivity contribution < 1.29 is 54.9 Å². The van der Waals surface area contributed by atoms with Crippen LogP contribution in [0.3, 0.4) is 0 Å². The molecule has 0 radical (unpaired) electrons. The summed E-state index contributed by atoms with van der Waals surface area (Å²) >= 11 is 7.89. The third kappa shape index (κ3) is 9.34. The zero-order chi connectivity index (χ0) is 43.9. The van der Waals surface area contributed by atoms with Crippen molar-refractivity contribution in [1.82, 2.24) is 29.5 Å². The largest absolute Gasteiger partial charge is 0.499 e. The van der Waals surface area contributed by atoms with Crippen LogP contribution < -0.4 is 14.2 Å². The molecule has 0 bridgehead atoms. The van der Waals surface area contributed by atoms with Gasteiger partial charge in [0.15, 0.2) is 15.7 Å². The maximum absolute atomic E-state index is 16.8. The first-order valence-corrected chi connectivity index (χ1v) is 20.0. The number of aromatic nitrogens is 4. The van der Waals surface area contributed by atoms with Crippen molar-refractivity contribution in [2.75, 3.05) is 46.4 Å². The number of para-hydroxylation sites is 1. The second-order valence-corrected chi connectivity index (χ2v) is 16.2. The molecule has 1 aliphatic rings. The van der Waals surface area contributed by atoms with Crippen LogP contribution >= 0.6 is 22.9 Å². The highest BCUT2D eigenvalue weighted by Crippen LogP contribution is 2.50. The fourth-order valence-corrected chi connectivity index (χ4v) is 8.42. The number of nitrogens with zero attached hydrogens (tertiary/aromatic N) is 6. The van der Waals surface area contributed by atoms with Crippen LogP contribution in [0.25, 0.3) is 32.0 Å². The summed E-state index contributed by atoms with van der Waals surface area (Å²) in [5.41, 5.74) is 0.105. The Morgan fingerprint density at radius 2 is 1.75 bits per heavy atom. The number of benzene rings is 2. The summed E-state index contributed by atoms with van der Waals surface area (Å²) in [7, 11) is 4.78. The second-order valence-electron chi connectivity index (χ2n) is 14.9. The van der Waals surface area contributed by atoms with Crippen molar-refractivity contribution >= 4 is 54.8 Å². The smallest absolute Gasteiger partial charge is 0.408 e. The Morgan fingerprint density at radius 3 is 2.44 bits per heavy atom. The van der Waals surface area contributed by atoms with Crippen LogP contribution in [0.5, 0.6) is 17.4 Å². The molecule has 1 N–H and O–H groups in total. The molecule has 1 fully saturated rings. The molecule has 0 amide bonds. The Balaban J connectivity index is 1.25. The lowest BCUT2D eigenvalue weighted by molar-refractivity contribution is -0.169. The summed E-state index contributed by atoms with van der Waals surface area (Å²) in [6.07, 6.45) is -5.48. The minimum Gasteiger partial charge on any atom is -0.499 e. The van der Waals surface area contributed by atoms with Gasteiger partial charge in [-0.1, -0.05) is 29.8 Å². The average Bonchev–Trinajstić information content (AvgIpc) is 3.94. The van der Waals surface area contributed by atoms with E-state index in [9.17, 15) is 27.5 Å². The lowest BCUT2D eigenvalue weighted by Crippen LogP contribution is -2.45. The van der Waals surface area contributed by atoms with Crippen molar-refractivity contribution in [3.63, 3.8) is 0 Å². The molecule has 5 heterocycles. The first-order chi connectivity index (χ1) is 28.8. The Bertz CT molecular complexity index is 2550. The van der Waals surface area contributed by atoms with E-state index in [2.05, 4.69) is 31.9 Å². The predicted octanol–water partition coefficient (Wildman–Crippen LogP) is 6.18. The number of carboxylic acids is 1. The summed E-state index contributed by atoms with van der Waals surface area (Å²) < 4.78 is 112. The number of thiophene rings is 1. The molecular weight excluding hydrogens is 852 g/mol. The Hall–Kier alpha value is -5.24. The number of carboxylic acid groups (broad SMARTS) is 1. The first-order valence-electron chi connectivity index (χ1n) is 18.8. The van der Waals surface area contributed by atoms with Gasteiger partial charge in [-0.15, -0.1) is 11.3 Å². The number of carbonyl (C=O) groups is 1. The van der Waals surface area contributed by atoms with Crippen LogP contribution in [0.1, 0.15) is 16.8 Å². The molecule has 4 aromatic heterocycles. The van der Waals surface area contributed by atoms with Crippen LogP contribution in [0.15, 0.2) is 71.5 Å². The van der Waals surface area contributed by atoms with E-state index in [0.717, 1.165) is 68.2 Å². The average molecular weight is 889 g/mol. The van der Waals surface area contributed by atoms with Crippen molar-refractivity contribution in [1.29, 1.82) is 0 Å². The molecule has 1 aliphatic heterocycles. The number of piperazine rings is 1. The van der Waals surface area contributed by atoms with Gasteiger partial charge < -0.3 is 28.6 Å². The van der Waals surface area contributed by atoms with Gasteiger partial charge in [0.05, 0.1) is 31.9 Å². The van der Waals surface area contributed by atoms with E-state index in [-0.39, 0.29) is 37.1 Å². The molecule has 2 aromatic carbocycles. The fourth-order valence-electron chi connectivity index (χ4n) is 7.09. The van der Waals surface area contributed by atoms with Crippen LogP contribution in [0.2, 0.25) is 5.02 Å². The Kier molecular flexibility index (Phi) is 12.4. The molecule has 22 heteroatoms. The monoisotopic (exact) mass is 888 g/mol. The van der Waals surface area contributed by atoms with E-state index in [1.165, 1.54) is 40.0 Å². The van der Waals surface area contributed by atoms with Gasteiger partial charge in [-0.3, -0.25) is 9.58 Å². The van der Waals surface area contributed by atoms with Crippen LogP contribution in [0, 0.1) is 12.9 Å². The summed E-state index contributed by atoms with van der Waals surface area (Å²) in [5.74, 6) is -7.11. The topological polar surface area (TPSA) is 128 Å². The van der Waals surface area contributed by atoms with Gasteiger partial charge >= 0.3 is 18.1 Å². The van der Waals surface area contributed by atoms with E-state index in [4.69, 9.17) is 30.2 Å². The molecule has 12 nitrogen and oxygen atoms in total. The van der Waals surface area contributed by atoms with Gasteiger partial charge in [0.25, 0.3) is 12.1 Å². The maximum Gasteiger partial charge on any atom is 0.408 e. The number of fused-ring (bicyclic) bond motifs is 1. The number of hydrogen-bond acceptors (Lipinski definition) is 11. The highest BCUT2D eigenvalue weighted by molar-refractivity contribution is 7.22. The summed E-state index contributed by atoms with van der Waals surface area (Å²) in [6.45, 7) is 4.93. The Morgan fingerprint density at radius 1 is 1.02 bits per heavy atom. The standard InChI is InChI=1S/C39H37B2ClF6N6O6S/c1-21-22(7-8-25(31(21)42)57-18-17-53-15-13-52(2)14-16-53)29-30-34(49-20-50-35(30)61-32(29)26-9-10-28(43)58-26)59-33(36(55)56)38(47,48)23-5-3-4-6-24(23)60-39(40,41)27-11-12-51-54(27)19-37(44,45)46/h3-12,20,33H,13-19,40-41H2,1-2H3,(H,55,56). The normalized spacial score (nSPS) is 15.0. The minimum atomic E-state index is -4.65. The molecule has 0 saturated carbocycles. The fraction of sp³-hybridized carbons (Fsp3) is 0.333. The third-order valence-electron chi connectivity index (χ3n) is 10.2. The summed E-state index contributed by atoms with van der Waals surface area (Å²) in [6, 6.07) is 10.7. The molecule has 6 aromatic rings. The number of likely N-dealkylation sites (N-methyl/N-ethyl adjacent to an activating group) is 1. The number of furan rings is 1. The number of rotatable bonds is 15. The number of alkyl halides is 5. The summed E-state index contributed by atoms with van der Waals surface area (Å²) in [4.78, 5) is 26.3.